The van der Waals surface area contributed by atoms with Gasteiger partial charge in [-0.05, 0) is 24.6 Å². The van der Waals surface area contributed by atoms with Gasteiger partial charge in [0.05, 0.1) is 6.54 Å². The van der Waals surface area contributed by atoms with E-state index in [-0.39, 0.29) is 24.6 Å². The first-order chi connectivity index (χ1) is 8.04. The number of benzene rings is 1. The Hall–Kier alpha value is -1.56. The molecular formula is C11H13F3N2O. The van der Waals surface area contributed by atoms with Crippen molar-refractivity contribution < 1.29 is 18.0 Å². The van der Waals surface area contributed by atoms with Crippen molar-refractivity contribution >= 4 is 5.91 Å². The highest BCUT2D eigenvalue weighted by molar-refractivity contribution is 5.77. The Morgan fingerprint density at radius 2 is 1.82 bits per heavy atom. The molecule has 0 radical (unpaired) electrons. The van der Waals surface area contributed by atoms with Crippen LogP contribution < -0.4 is 10.6 Å². The van der Waals surface area contributed by atoms with E-state index in [1.54, 1.807) is 6.92 Å². The minimum atomic E-state index is -1.49. The van der Waals surface area contributed by atoms with Gasteiger partial charge in [-0.15, -0.1) is 0 Å². The molecule has 2 N–H and O–H groups in total. The van der Waals surface area contributed by atoms with Crippen molar-refractivity contribution in [2.24, 2.45) is 0 Å². The van der Waals surface area contributed by atoms with E-state index in [1.165, 1.54) is 0 Å². The van der Waals surface area contributed by atoms with E-state index in [0.717, 1.165) is 12.1 Å². The monoisotopic (exact) mass is 246 g/mol. The van der Waals surface area contributed by atoms with Gasteiger partial charge >= 0.3 is 0 Å². The Morgan fingerprint density at radius 1 is 1.24 bits per heavy atom. The second-order valence-corrected chi connectivity index (χ2v) is 3.43. The number of hydrogen-bond acceptors (Lipinski definition) is 2. The molecule has 0 atom stereocenters. The molecule has 1 rings (SSSR count). The molecule has 0 aliphatic heterocycles. The van der Waals surface area contributed by atoms with Gasteiger partial charge in [0.25, 0.3) is 0 Å². The zero-order chi connectivity index (χ0) is 12.8. The molecule has 1 amide bonds. The van der Waals surface area contributed by atoms with Crippen LogP contribution in [0.15, 0.2) is 12.1 Å². The number of likely N-dealkylation sites (N-methyl/N-ethyl adjacent to an activating group) is 1. The summed E-state index contributed by atoms with van der Waals surface area (Å²) in [4.78, 5) is 11.0. The quantitative estimate of drug-likeness (QED) is 0.769. The highest BCUT2D eigenvalue weighted by Gasteiger charge is 2.10. The summed E-state index contributed by atoms with van der Waals surface area (Å²) in [7, 11) is 0. The van der Waals surface area contributed by atoms with Crippen LogP contribution in [0.5, 0.6) is 0 Å². The van der Waals surface area contributed by atoms with Gasteiger partial charge in [0.1, 0.15) is 0 Å². The van der Waals surface area contributed by atoms with Crippen LogP contribution in [0.25, 0.3) is 0 Å². The van der Waals surface area contributed by atoms with Crippen LogP contribution in [-0.2, 0) is 11.3 Å². The van der Waals surface area contributed by atoms with Gasteiger partial charge in [0.2, 0.25) is 5.91 Å². The highest BCUT2D eigenvalue weighted by atomic mass is 19.2. The van der Waals surface area contributed by atoms with Crippen molar-refractivity contribution in [1.82, 2.24) is 10.6 Å². The van der Waals surface area contributed by atoms with Crippen LogP contribution >= 0.6 is 0 Å². The topological polar surface area (TPSA) is 41.1 Å². The average molecular weight is 246 g/mol. The minimum absolute atomic E-state index is 0.0362. The Labute approximate surface area is 97.0 Å². The predicted molar refractivity (Wildman–Crippen MR) is 56.7 cm³/mol. The lowest BCUT2D eigenvalue weighted by Gasteiger charge is -2.06. The van der Waals surface area contributed by atoms with Crippen LogP contribution in [0.2, 0.25) is 0 Å². The summed E-state index contributed by atoms with van der Waals surface area (Å²) in [6.45, 7) is 2.42. The maximum absolute atomic E-state index is 12.8. The fourth-order valence-electron chi connectivity index (χ4n) is 1.29. The van der Waals surface area contributed by atoms with Crippen molar-refractivity contribution in [1.29, 1.82) is 0 Å². The number of halogens is 3. The maximum Gasteiger partial charge on any atom is 0.233 e. The van der Waals surface area contributed by atoms with Crippen LogP contribution in [0.3, 0.4) is 0 Å². The maximum atomic E-state index is 12.8. The lowest BCUT2D eigenvalue weighted by Crippen LogP contribution is -2.33. The van der Waals surface area contributed by atoms with Crippen LogP contribution in [0.1, 0.15) is 12.5 Å². The van der Waals surface area contributed by atoms with Crippen molar-refractivity contribution in [3.63, 3.8) is 0 Å². The van der Waals surface area contributed by atoms with Gasteiger partial charge in [-0.25, -0.2) is 13.2 Å². The van der Waals surface area contributed by atoms with E-state index < -0.39 is 17.5 Å². The van der Waals surface area contributed by atoms with Gasteiger partial charge in [0.15, 0.2) is 17.5 Å². The van der Waals surface area contributed by atoms with Crippen molar-refractivity contribution in [2.45, 2.75) is 13.5 Å². The Kier molecular flexibility index (Phi) is 4.96. The fourth-order valence-corrected chi connectivity index (χ4v) is 1.29. The van der Waals surface area contributed by atoms with Gasteiger partial charge < -0.3 is 10.6 Å². The van der Waals surface area contributed by atoms with Crippen molar-refractivity contribution in [2.75, 3.05) is 13.1 Å². The SMILES string of the molecule is CCNC(=O)CNCc1cc(F)c(F)c(F)c1. The van der Waals surface area contributed by atoms with E-state index in [9.17, 15) is 18.0 Å². The van der Waals surface area contributed by atoms with Crippen molar-refractivity contribution in [3.05, 3.63) is 35.1 Å². The third-order valence-corrected chi connectivity index (χ3v) is 2.03. The molecule has 0 aromatic heterocycles. The molecule has 6 heteroatoms. The number of carbonyl (C=O) groups is 1. The molecule has 0 heterocycles. The summed E-state index contributed by atoms with van der Waals surface area (Å²) in [6, 6.07) is 1.78. The molecule has 3 nitrogen and oxygen atoms in total. The molecule has 0 bridgehead atoms. The van der Waals surface area contributed by atoms with E-state index in [2.05, 4.69) is 10.6 Å². The first kappa shape index (κ1) is 13.5. The summed E-state index contributed by atoms with van der Waals surface area (Å²) < 4.78 is 38.3. The number of carbonyl (C=O) groups excluding carboxylic acids is 1. The summed E-state index contributed by atoms with van der Waals surface area (Å²) >= 11 is 0. The fraction of sp³-hybridized carbons (Fsp3) is 0.364. The molecule has 94 valence electrons. The number of amides is 1. The zero-order valence-corrected chi connectivity index (χ0v) is 9.32. The minimum Gasteiger partial charge on any atom is -0.355 e. The normalized spacial score (nSPS) is 10.4. The second-order valence-electron chi connectivity index (χ2n) is 3.43. The standard InChI is InChI=1S/C11H13F3N2O/c1-2-16-10(17)6-15-5-7-3-8(12)11(14)9(13)4-7/h3-4,15H,2,5-6H2,1H3,(H,16,17). The molecular weight excluding hydrogens is 233 g/mol. The van der Waals surface area contributed by atoms with Gasteiger partial charge in [-0.3, -0.25) is 4.79 Å². The van der Waals surface area contributed by atoms with Gasteiger partial charge in [-0.2, -0.15) is 0 Å². The first-order valence-corrected chi connectivity index (χ1v) is 5.15. The van der Waals surface area contributed by atoms with Crippen molar-refractivity contribution in [3.8, 4) is 0 Å². The van der Waals surface area contributed by atoms with E-state index in [0.29, 0.717) is 6.54 Å². The molecule has 0 fully saturated rings. The molecule has 0 saturated heterocycles. The smallest absolute Gasteiger partial charge is 0.233 e. The lowest BCUT2D eigenvalue weighted by molar-refractivity contribution is -0.120. The molecule has 0 aliphatic rings. The summed E-state index contributed by atoms with van der Waals surface area (Å²) in [5.41, 5.74) is 0.241. The molecule has 1 aromatic rings. The second kappa shape index (κ2) is 6.24. The van der Waals surface area contributed by atoms with E-state index >= 15 is 0 Å². The van der Waals surface area contributed by atoms with E-state index in [1.807, 2.05) is 0 Å². The third-order valence-electron chi connectivity index (χ3n) is 2.03. The summed E-state index contributed by atoms with van der Waals surface area (Å²) in [5, 5.41) is 5.25. The number of rotatable bonds is 5. The molecule has 0 spiro atoms. The Bertz CT molecular complexity index is 387. The molecule has 1 aromatic carbocycles. The van der Waals surface area contributed by atoms with Crippen LogP contribution in [-0.4, -0.2) is 19.0 Å². The largest absolute Gasteiger partial charge is 0.355 e. The van der Waals surface area contributed by atoms with E-state index in [4.69, 9.17) is 0 Å². The zero-order valence-electron chi connectivity index (χ0n) is 9.32. The van der Waals surface area contributed by atoms with Gasteiger partial charge in [-0.1, -0.05) is 0 Å². The molecule has 0 saturated carbocycles. The Balaban J connectivity index is 2.50. The molecule has 0 aliphatic carbocycles. The Morgan fingerprint density at radius 3 is 2.35 bits per heavy atom. The van der Waals surface area contributed by atoms with Gasteiger partial charge in [0, 0.05) is 13.1 Å². The predicted octanol–water partition coefficient (Wildman–Crippen LogP) is 1.33. The number of nitrogens with one attached hydrogen (secondary N) is 2. The number of hydrogen-bond donors (Lipinski definition) is 2. The molecule has 17 heavy (non-hydrogen) atoms. The lowest BCUT2D eigenvalue weighted by atomic mass is 10.2. The molecule has 0 unspecified atom stereocenters. The highest BCUT2D eigenvalue weighted by Crippen LogP contribution is 2.13. The van der Waals surface area contributed by atoms with Crippen LogP contribution in [0, 0.1) is 17.5 Å². The van der Waals surface area contributed by atoms with Crippen LogP contribution in [0.4, 0.5) is 13.2 Å². The summed E-state index contributed by atoms with van der Waals surface area (Å²) in [5.74, 6) is -4.17. The third kappa shape index (κ3) is 4.07. The summed E-state index contributed by atoms with van der Waals surface area (Å²) in [6.07, 6.45) is 0. The first-order valence-electron chi connectivity index (χ1n) is 5.15. The average Bonchev–Trinajstić information content (AvgIpc) is 2.26.